The SMILES string of the molecule is C=C1C(=O)O[C@@H]2/C=C(/C)[C@@H](OC(C)=O)C[C@H](O)/C(C)=C/[C@@H](OC(=O)/C(C)=C/C)[C@@H]12. The second-order valence-corrected chi connectivity index (χ2v) is 7.43. The van der Waals surface area contributed by atoms with E-state index in [4.69, 9.17) is 14.2 Å². The Balaban J connectivity index is 2.52. The molecule has 158 valence electrons. The van der Waals surface area contributed by atoms with E-state index in [1.165, 1.54) is 6.92 Å². The van der Waals surface area contributed by atoms with Gasteiger partial charge in [0.25, 0.3) is 0 Å². The van der Waals surface area contributed by atoms with E-state index < -0.39 is 48.2 Å². The Morgan fingerprint density at radius 1 is 1.21 bits per heavy atom. The van der Waals surface area contributed by atoms with Crippen LogP contribution in [0.25, 0.3) is 0 Å². The van der Waals surface area contributed by atoms with Gasteiger partial charge in [-0.3, -0.25) is 4.79 Å². The minimum absolute atomic E-state index is 0.130. The summed E-state index contributed by atoms with van der Waals surface area (Å²) in [5, 5.41) is 10.6. The first-order valence-electron chi connectivity index (χ1n) is 9.50. The van der Waals surface area contributed by atoms with Crippen molar-refractivity contribution >= 4 is 17.9 Å². The third-order valence-corrected chi connectivity index (χ3v) is 5.25. The third kappa shape index (κ3) is 5.23. The molecule has 1 saturated heterocycles. The number of rotatable bonds is 3. The van der Waals surface area contributed by atoms with Crippen LogP contribution in [0.15, 0.2) is 47.1 Å². The first kappa shape index (κ1) is 22.6. The predicted octanol–water partition coefficient (Wildman–Crippen LogP) is 2.55. The van der Waals surface area contributed by atoms with Gasteiger partial charge >= 0.3 is 17.9 Å². The molecule has 7 heteroatoms. The minimum Gasteiger partial charge on any atom is -0.458 e. The van der Waals surface area contributed by atoms with Crippen LogP contribution in [0.5, 0.6) is 0 Å². The average Bonchev–Trinajstić information content (AvgIpc) is 2.92. The Labute approximate surface area is 170 Å². The van der Waals surface area contributed by atoms with E-state index in [1.54, 1.807) is 45.9 Å². The lowest BCUT2D eigenvalue weighted by atomic mass is 9.85. The number of fused-ring (bicyclic) bond motifs is 1. The summed E-state index contributed by atoms with van der Waals surface area (Å²) in [7, 11) is 0. The number of esters is 3. The van der Waals surface area contributed by atoms with Gasteiger partial charge in [-0.2, -0.15) is 0 Å². The molecule has 0 aromatic rings. The Morgan fingerprint density at radius 2 is 1.86 bits per heavy atom. The molecule has 5 atom stereocenters. The molecule has 0 amide bonds. The van der Waals surface area contributed by atoms with Crippen molar-refractivity contribution in [1.29, 1.82) is 0 Å². The second-order valence-electron chi connectivity index (χ2n) is 7.43. The molecule has 1 heterocycles. The van der Waals surface area contributed by atoms with Gasteiger partial charge in [0.1, 0.15) is 18.3 Å². The van der Waals surface area contributed by atoms with Crippen LogP contribution in [-0.2, 0) is 28.6 Å². The lowest BCUT2D eigenvalue weighted by Crippen LogP contribution is -2.34. The molecule has 29 heavy (non-hydrogen) atoms. The lowest BCUT2D eigenvalue weighted by Gasteiger charge is -2.29. The summed E-state index contributed by atoms with van der Waals surface area (Å²) < 4.78 is 16.4. The fraction of sp³-hybridized carbons (Fsp3) is 0.500. The Hall–Kier alpha value is -2.67. The molecule has 0 aromatic carbocycles. The van der Waals surface area contributed by atoms with Crippen molar-refractivity contribution in [2.75, 3.05) is 0 Å². The van der Waals surface area contributed by atoms with Gasteiger partial charge in [-0.1, -0.05) is 12.7 Å². The molecule has 1 aliphatic carbocycles. The van der Waals surface area contributed by atoms with E-state index in [9.17, 15) is 19.5 Å². The van der Waals surface area contributed by atoms with Crippen LogP contribution in [0.1, 0.15) is 41.0 Å². The number of hydrogen-bond acceptors (Lipinski definition) is 7. The summed E-state index contributed by atoms with van der Waals surface area (Å²) in [5.41, 5.74) is 1.75. The monoisotopic (exact) mass is 404 g/mol. The number of aliphatic hydroxyl groups is 1. The molecular formula is C22H28O7. The first-order chi connectivity index (χ1) is 13.5. The average molecular weight is 404 g/mol. The molecule has 2 aliphatic rings. The topological polar surface area (TPSA) is 99.1 Å². The molecule has 0 unspecified atom stereocenters. The maximum absolute atomic E-state index is 12.4. The van der Waals surface area contributed by atoms with Crippen molar-refractivity contribution in [1.82, 2.24) is 0 Å². The molecule has 0 radical (unpaired) electrons. The highest BCUT2D eigenvalue weighted by Crippen LogP contribution is 2.36. The zero-order valence-electron chi connectivity index (χ0n) is 17.4. The van der Waals surface area contributed by atoms with E-state index in [-0.39, 0.29) is 12.0 Å². The highest BCUT2D eigenvalue weighted by atomic mass is 16.6. The molecule has 1 aliphatic heterocycles. The van der Waals surface area contributed by atoms with Crippen molar-refractivity contribution < 1.29 is 33.7 Å². The molecule has 0 saturated carbocycles. The maximum atomic E-state index is 12.4. The van der Waals surface area contributed by atoms with Gasteiger partial charge in [0.05, 0.1) is 12.0 Å². The third-order valence-electron chi connectivity index (χ3n) is 5.25. The van der Waals surface area contributed by atoms with Crippen molar-refractivity contribution in [2.45, 2.75) is 65.5 Å². The van der Waals surface area contributed by atoms with E-state index in [1.807, 2.05) is 0 Å². The van der Waals surface area contributed by atoms with Crippen LogP contribution in [0.2, 0.25) is 0 Å². The zero-order valence-corrected chi connectivity index (χ0v) is 17.4. The predicted molar refractivity (Wildman–Crippen MR) is 106 cm³/mol. The van der Waals surface area contributed by atoms with E-state index >= 15 is 0 Å². The highest BCUT2D eigenvalue weighted by molar-refractivity contribution is 5.92. The summed E-state index contributed by atoms with van der Waals surface area (Å²) in [4.78, 5) is 36.1. The lowest BCUT2D eigenvalue weighted by molar-refractivity contribution is -0.147. The van der Waals surface area contributed by atoms with Crippen LogP contribution < -0.4 is 0 Å². The fourth-order valence-electron chi connectivity index (χ4n) is 3.33. The Morgan fingerprint density at radius 3 is 2.45 bits per heavy atom. The molecule has 1 N–H and O–H groups in total. The fourth-order valence-corrected chi connectivity index (χ4v) is 3.33. The van der Waals surface area contributed by atoms with Gasteiger partial charge in [-0.25, -0.2) is 9.59 Å². The van der Waals surface area contributed by atoms with Gasteiger partial charge in [0, 0.05) is 24.5 Å². The number of ether oxygens (including phenoxy) is 3. The molecule has 7 nitrogen and oxygen atoms in total. The normalized spacial score (nSPS) is 34.1. The minimum atomic E-state index is -0.936. The zero-order chi connectivity index (χ0) is 21.9. The highest BCUT2D eigenvalue weighted by Gasteiger charge is 2.44. The largest absolute Gasteiger partial charge is 0.458 e. The summed E-state index contributed by atoms with van der Waals surface area (Å²) in [6.07, 6.45) is 1.82. The van der Waals surface area contributed by atoms with Gasteiger partial charge in [-0.15, -0.1) is 0 Å². The second kappa shape index (κ2) is 9.22. The maximum Gasteiger partial charge on any atom is 0.334 e. The number of hydrogen-bond donors (Lipinski definition) is 1. The van der Waals surface area contributed by atoms with Crippen LogP contribution in [0, 0.1) is 5.92 Å². The van der Waals surface area contributed by atoms with Crippen molar-refractivity contribution in [3.05, 3.63) is 47.1 Å². The summed E-state index contributed by atoms with van der Waals surface area (Å²) >= 11 is 0. The molecule has 0 bridgehead atoms. The number of carbonyl (C=O) groups excluding carboxylic acids is 3. The summed E-state index contributed by atoms with van der Waals surface area (Å²) in [6, 6.07) is 0. The van der Waals surface area contributed by atoms with E-state index in [2.05, 4.69) is 6.58 Å². The molecular weight excluding hydrogens is 376 g/mol. The van der Waals surface area contributed by atoms with Crippen molar-refractivity contribution in [2.24, 2.45) is 5.92 Å². The van der Waals surface area contributed by atoms with Crippen LogP contribution in [0.3, 0.4) is 0 Å². The summed E-state index contributed by atoms with van der Waals surface area (Å²) in [6.45, 7) is 11.9. The van der Waals surface area contributed by atoms with Gasteiger partial charge in [0.15, 0.2) is 0 Å². The van der Waals surface area contributed by atoms with Crippen LogP contribution in [-0.4, -0.2) is 47.4 Å². The van der Waals surface area contributed by atoms with E-state index in [0.29, 0.717) is 16.7 Å². The van der Waals surface area contributed by atoms with Crippen molar-refractivity contribution in [3.8, 4) is 0 Å². The Bertz CT molecular complexity index is 802. The quantitative estimate of drug-likeness (QED) is 0.334. The number of carbonyl (C=O) groups is 3. The van der Waals surface area contributed by atoms with Gasteiger partial charge < -0.3 is 19.3 Å². The summed E-state index contributed by atoms with van der Waals surface area (Å²) in [5.74, 6) is -2.25. The first-order valence-corrected chi connectivity index (χ1v) is 9.50. The van der Waals surface area contributed by atoms with Crippen LogP contribution in [0.4, 0.5) is 0 Å². The Kier molecular flexibility index (Phi) is 7.19. The van der Waals surface area contributed by atoms with Gasteiger partial charge in [0.2, 0.25) is 0 Å². The smallest absolute Gasteiger partial charge is 0.334 e. The van der Waals surface area contributed by atoms with Crippen LogP contribution >= 0.6 is 0 Å². The van der Waals surface area contributed by atoms with E-state index in [0.717, 1.165) is 0 Å². The number of aliphatic hydroxyl groups excluding tert-OH is 1. The van der Waals surface area contributed by atoms with Crippen molar-refractivity contribution in [3.63, 3.8) is 0 Å². The molecule has 0 spiro atoms. The molecule has 2 rings (SSSR count). The standard InChI is InChI=1S/C22H28O7/c1-7-11(2)21(25)28-18-8-12(3)16(24)10-17(27-15(6)23)13(4)9-19-20(18)14(5)22(26)29-19/h7-9,16-20,24H,5,10H2,1-4,6H3/b11-7+,12-8+,13-9-/t16-,17-,18+,19+,20+/m0/s1. The molecule has 0 aromatic heterocycles. The van der Waals surface area contributed by atoms with Gasteiger partial charge in [-0.05, 0) is 51.0 Å². The molecule has 1 fully saturated rings. The number of allylic oxidation sites excluding steroid dienone is 1.